The molecule has 17 heavy (non-hydrogen) atoms. The van der Waals surface area contributed by atoms with Gasteiger partial charge in [0.1, 0.15) is 0 Å². The predicted octanol–water partition coefficient (Wildman–Crippen LogP) is 2.47. The minimum atomic E-state index is -0.529. The molecule has 1 aliphatic heterocycles. The largest absolute Gasteiger partial charge is 0.389 e. The Kier molecular flexibility index (Phi) is 6.45. The van der Waals surface area contributed by atoms with Gasteiger partial charge < -0.3 is 15.2 Å². The molecule has 0 spiro atoms. The van der Waals surface area contributed by atoms with Crippen LogP contribution in [-0.2, 0) is 4.74 Å². The van der Waals surface area contributed by atoms with Crippen molar-refractivity contribution in [1.29, 1.82) is 0 Å². The maximum atomic E-state index is 10.2. The lowest BCUT2D eigenvalue weighted by Crippen LogP contribution is -2.47. The second kappa shape index (κ2) is 7.34. The molecule has 3 nitrogen and oxygen atoms in total. The molecule has 102 valence electrons. The van der Waals surface area contributed by atoms with Gasteiger partial charge in [0.2, 0.25) is 0 Å². The minimum Gasteiger partial charge on any atom is -0.389 e. The van der Waals surface area contributed by atoms with E-state index < -0.39 is 5.60 Å². The van der Waals surface area contributed by atoms with Gasteiger partial charge in [0, 0.05) is 19.2 Å². The first kappa shape index (κ1) is 14.9. The van der Waals surface area contributed by atoms with Gasteiger partial charge in [-0.15, -0.1) is 0 Å². The van der Waals surface area contributed by atoms with Crippen LogP contribution >= 0.6 is 0 Å². The first-order chi connectivity index (χ1) is 8.13. The molecule has 0 radical (unpaired) electrons. The third kappa shape index (κ3) is 4.94. The molecule has 0 aromatic rings. The standard InChI is InChI=1S/C14H29NO2/c1-4-7-13-10-12(8-9-17-13)15-11-14(16,5-2)6-3/h12-13,15-16H,4-11H2,1-3H3. The van der Waals surface area contributed by atoms with Crippen LogP contribution in [0.3, 0.4) is 0 Å². The van der Waals surface area contributed by atoms with Crippen molar-refractivity contribution in [1.82, 2.24) is 5.32 Å². The van der Waals surface area contributed by atoms with E-state index >= 15 is 0 Å². The fraction of sp³-hybridized carbons (Fsp3) is 1.00. The smallest absolute Gasteiger partial charge is 0.0766 e. The van der Waals surface area contributed by atoms with Crippen molar-refractivity contribution in [2.45, 2.75) is 77.0 Å². The van der Waals surface area contributed by atoms with E-state index in [0.29, 0.717) is 18.7 Å². The van der Waals surface area contributed by atoms with Gasteiger partial charge in [0.25, 0.3) is 0 Å². The topological polar surface area (TPSA) is 41.5 Å². The Labute approximate surface area is 106 Å². The van der Waals surface area contributed by atoms with Crippen LogP contribution in [0.1, 0.15) is 59.3 Å². The van der Waals surface area contributed by atoms with Crippen LogP contribution in [0, 0.1) is 0 Å². The maximum Gasteiger partial charge on any atom is 0.0766 e. The molecule has 1 saturated heterocycles. The summed E-state index contributed by atoms with van der Waals surface area (Å²) in [7, 11) is 0. The summed E-state index contributed by atoms with van der Waals surface area (Å²) in [4.78, 5) is 0. The predicted molar refractivity (Wildman–Crippen MR) is 71.2 cm³/mol. The molecule has 1 heterocycles. The highest BCUT2D eigenvalue weighted by Crippen LogP contribution is 2.19. The van der Waals surface area contributed by atoms with Gasteiger partial charge in [0.05, 0.1) is 11.7 Å². The molecule has 0 aromatic carbocycles. The summed E-state index contributed by atoms with van der Waals surface area (Å²) in [6.45, 7) is 7.87. The van der Waals surface area contributed by atoms with Crippen molar-refractivity contribution < 1.29 is 9.84 Å². The monoisotopic (exact) mass is 243 g/mol. The van der Waals surface area contributed by atoms with Crippen LogP contribution in [0.25, 0.3) is 0 Å². The number of hydrogen-bond acceptors (Lipinski definition) is 3. The molecular weight excluding hydrogens is 214 g/mol. The van der Waals surface area contributed by atoms with E-state index in [1.54, 1.807) is 0 Å². The molecule has 1 aliphatic rings. The quantitative estimate of drug-likeness (QED) is 0.722. The third-order valence-electron chi connectivity index (χ3n) is 4.01. The number of nitrogens with one attached hydrogen (secondary N) is 1. The zero-order valence-corrected chi connectivity index (χ0v) is 11.7. The summed E-state index contributed by atoms with van der Waals surface area (Å²) in [5.74, 6) is 0. The Hall–Kier alpha value is -0.120. The van der Waals surface area contributed by atoms with Gasteiger partial charge in [-0.1, -0.05) is 27.2 Å². The van der Waals surface area contributed by atoms with Crippen molar-refractivity contribution in [3.63, 3.8) is 0 Å². The fourth-order valence-electron chi connectivity index (χ4n) is 2.42. The summed E-state index contributed by atoms with van der Waals surface area (Å²) in [5.41, 5.74) is -0.529. The second-order valence-corrected chi connectivity index (χ2v) is 5.32. The normalized spacial score (nSPS) is 26.1. The second-order valence-electron chi connectivity index (χ2n) is 5.32. The Morgan fingerprint density at radius 3 is 2.59 bits per heavy atom. The molecule has 0 saturated carbocycles. The van der Waals surface area contributed by atoms with E-state index in [9.17, 15) is 5.11 Å². The van der Waals surface area contributed by atoms with E-state index in [0.717, 1.165) is 38.7 Å². The van der Waals surface area contributed by atoms with E-state index in [-0.39, 0.29) is 0 Å². The summed E-state index contributed by atoms with van der Waals surface area (Å²) < 4.78 is 5.73. The van der Waals surface area contributed by atoms with Crippen LogP contribution in [0.2, 0.25) is 0 Å². The molecule has 2 N–H and O–H groups in total. The molecule has 1 fully saturated rings. The fourth-order valence-corrected chi connectivity index (χ4v) is 2.42. The number of aliphatic hydroxyl groups is 1. The van der Waals surface area contributed by atoms with Gasteiger partial charge in [-0.05, 0) is 32.1 Å². The Morgan fingerprint density at radius 2 is 2.00 bits per heavy atom. The van der Waals surface area contributed by atoms with Crippen LogP contribution < -0.4 is 5.32 Å². The van der Waals surface area contributed by atoms with Crippen molar-refractivity contribution in [3.05, 3.63) is 0 Å². The molecule has 0 aliphatic carbocycles. The van der Waals surface area contributed by atoms with Gasteiger partial charge in [-0.3, -0.25) is 0 Å². The summed E-state index contributed by atoms with van der Waals surface area (Å²) in [5, 5.41) is 13.8. The zero-order chi connectivity index (χ0) is 12.7. The maximum absolute atomic E-state index is 10.2. The number of rotatable bonds is 7. The Balaban J connectivity index is 2.31. The van der Waals surface area contributed by atoms with E-state index in [1.165, 1.54) is 6.42 Å². The van der Waals surface area contributed by atoms with Gasteiger partial charge >= 0.3 is 0 Å². The van der Waals surface area contributed by atoms with Crippen molar-refractivity contribution in [3.8, 4) is 0 Å². The van der Waals surface area contributed by atoms with Gasteiger partial charge in [0.15, 0.2) is 0 Å². The molecule has 0 bridgehead atoms. The minimum absolute atomic E-state index is 0.419. The highest BCUT2D eigenvalue weighted by Gasteiger charge is 2.26. The van der Waals surface area contributed by atoms with Crippen molar-refractivity contribution in [2.75, 3.05) is 13.2 Å². The highest BCUT2D eigenvalue weighted by atomic mass is 16.5. The molecule has 2 atom stereocenters. The average molecular weight is 243 g/mol. The lowest BCUT2D eigenvalue weighted by molar-refractivity contribution is -0.0140. The molecule has 0 aromatic heterocycles. The van der Waals surface area contributed by atoms with Crippen LogP contribution in [0.5, 0.6) is 0 Å². The van der Waals surface area contributed by atoms with E-state index in [1.807, 2.05) is 0 Å². The lowest BCUT2D eigenvalue weighted by Gasteiger charge is -2.33. The highest BCUT2D eigenvalue weighted by molar-refractivity contribution is 4.83. The molecule has 0 amide bonds. The van der Waals surface area contributed by atoms with Crippen molar-refractivity contribution >= 4 is 0 Å². The summed E-state index contributed by atoms with van der Waals surface area (Å²) in [6, 6.07) is 0.518. The van der Waals surface area contributed by atoms with Gasteiger partial charge in [-0.25, -0.2) is 0 Å². The zero-order valence-electron chi connectivity index (χ0n) is 11.7. The van der Waals surface area contributed by atoms with Crippen LogP contribution in [0.4, 0.5) is 0 Å². The van der Waals surface area contributed by atoms with E-state index in [4.69, 9.17) is 4.74 Å². The average Bonchev–Trinajstić information content (AvgIpc) is 2.37. The first-order valence-electron chi connectivity index (χ1n) is 7.21. The third-order valence-corrected chi connectivity index (χ3v) is 4.01. The SMILES string of the molecule is CCCC1CC(NCC(O)(CC)CC)CCO1. The van der Waals surface area contributed by atoms with Crippen LogP contribution in [0.15, 0.2) is 0 Å². The van der Waals surface area contributed by atoms with Crippen molar-refractivity contribution in [2.24, 2.45) is 0 Å². The van der Waals surface area contributed by atoms with E-state index in [2.05, 4.69) is 26.1 Å². The Bertz CT molecular complexity index is 202. The first-order valence-corrected chi connectivity index (χ1v) is 7.21. The summed E-state index contributed by atoms with van der Waals surface area (Å²) in [6.07, 6.45) is 6.56. The molecule has 1 rings (SSSR count). The number of hydrogen-bond donors (Lipinski definition) is 2. The molecule has 3 heteroatoms. The molecular formula is C14H29NO2. The summed E-state index contributed by atoms with van der Waals surface area (Å²) >= 11 is 0. The Morgan fingerprint density at radius 1 is 1.29 bits per heavy atom. The number of ether oxygens (including phenoxy) is 1. The lowest BCUT2D eigenvalue weighted by atomic mass is 9.95. The van der Waals surface area contributed by atoms with Gasteiger partial charge in [-0.2, -0.15) is 0 Å². The van der Waals surface area contributed by atoms with Crippen LogP contribution in [-0.4, -0.2) is 36.0 Å². The molecule has 2 unspecified atom stereocenters.